The van der Waals surface area contributed by atoms with Gasteiger partial charge in [0, 0.05) is 37.2 Å². The molecule has 1 amide bonds. The van der Waals surface area contributed by atoms with Crippen molar-refractivity contribution in [3.05, 3.63) is 28.7 Å². The van der Waals surface area contributed by atoms with E-state index in [1.54, 1.807) is 11.9 Å². The van der Waals surface area contributed by atoms with Gasteiger partial charge in [0.05, 0.1) is 0 Å². The number of carbonyl (C=O) groups excluding carboxylic acids is 1. The summed E-state index contributed by atoms with van der Waals surface area (Å²) < 4.78 is 5.26. The maximum atomic E-state index is 12.7. The molecule has 0 saturated heterocycles. The predicted molar refractivity (Wildman–Crippen MR) is 86.7 cm³/mol. The Labute approximate surface area is 140 Å². The first-order chi connectivity index (χ1) is 11.6. The fraction of sp³-hybridized carbons (Fsp3) is 0.647. The van der Waals surface area contributed by atoms with Gasteiger partial charge in [-0.25, -0.2) is 0 Å². The highest BCUT2D eigenvalue weighted by molar-refractivity contribution is 5.93. The van der Waals surface area contributed by atoms with Crippen molar-refractivity contribution >= 4 is 5.91 Å². The van der Waals surface area contributed by atoms with Gasteiger partial charge in [0.1, 0.15) is 0 Å². The Morgan fingerprint density at radius 2 is 2.21 bits per heavy atom. The molecule has 2 aromatic heterocycles. The molecule has 1 unspecified atom stereocenters. The molecule has 4 rings (SSSR count). The summed E-state index contributed by atoms with van der Waals surface area (Å²) in [7, 11) is 1.80. The standard InChI is InChI=1S/C17H23N5O2/c1-10-3-6-13-12(9-10)15(20-19-13)17(23)22(2)8-7-14-18-16(24-21-14)11-4-5-11/h10-11H,3-9H2,1-2H3,(H,19,20). The minimum atomic E-state index is -0.0347. The molecule has 1 saturated carbocycles. The Morgan fingerprint density at radius 1 is 1.38 bits per heavy atom. The third kappa shape index (κ3) is 2.95. The Bertz CT molecular complexity index is 746. The normalized spacial score (nSPS) is 20.0. The molecule has 2 heterocycles. The van der Waals surface area contributed by atoms with E-state index in [-0.39, 0.29) is 5.91 Å². The lowest BCUT2D eigenvalue weighted by Crippen LogP contribution is -2.30. The van der Waals surface area contributed by atoms with Crippen LogP contribution in [0.5, 0.6) is 0 Å². The topological polar surface area (TPSA) is 87.9 Å². The molecule has 1 N–H and O–H groups in total. The number of H-pyrrole nitrogens is 1. The highest BCUT2D eigenvalue weighted by Gasteiger charge is 2.30. The van der Waals surface area contributed by atoms with E-state index in [4.69, 9.17) is 4.52 Å². The van der Waals surface area contributed by atoms with Crippen molar-refractivity contribution in [2.24, 2.45) is 5.92 Å². The summed E-state index contributed by atoms with van der Waals surface area (Å²) in [5.41, 5.74) is 2.80. The van der Waals surface area contributed by atoms with Crippen molar-refractivity contribution in [3.8, 4) is 0 Å². The molecule has 0 aromatic carbocycles. The summed E-state index contributed by atoms with van der Waals surface area (Å²) in [6, 6.07) is 0. The SMILES string of the molecule is CC1CCc2[nH]nc(C(=O)N(C)CCc3noc(C4CC4)n3)c2C1. The number of hydrogen-bond acceptors (Lipinski definition) is 5. The molecule has 0 spiro atoms. The zero-order valence-corrected chi connectivity index (χ0v) is 14.2. The van der Waals surface area contributed by atoms with E-state index in [0.717, 1.165) is 49.3 Å². The van der Waals surface area contributed by atoms with Crippen molar-refractivity contribution in [2.45, 2.75) is 51.4 Å². The van der Waals surface area contributed by atoms with E-state index in [9.17, 15) is 4.79 Å². The third-order valence-electron chi connectivity index (χ3n) is 5.02. The fourth-order valence-electron chi connectivity index (χ4n) is 3.26. The van der Waals surface area contributed by atoms with Crippen LogP contribution in [0.4, 0.5) is 0 Å². The molecule has 2 aliphatic carbocycles. The number of fused-ring (bicyclic) bond motifs is 1. The Hall–Kier alpha value is -2.18. The van der Waals surface area contributed by atoms with Crippen molar-refractivity contribution in [1.82, 2.24) is 25.2 Å². The van der Waals surface area contributed by atoms with E-state index < -0.39 is 0 Å². The third-order valence-corrected chi connectivity index (χ3v) is 5.02. The molecule has 0 bridgehead atoms. The number of aromatic nitrogens is 4. The van der Waals surface area contributed by atoms with Gasteiger partial charge in [-0.05, 0) is 38.0 Å². The number of hydrogen-bond donors (Lipinski definition) is 1. The van der Waals surface area contributed by atoms with Gasteiger partial charge in [-0.1, -0.05) is 12.1 Å². The molecular weight excluding hydrogens is 306 g/mol. The second kappa shape index (κ2) is 6.03. The fourth-order valence-corrected chi connectivity index (χ4v) is 3.26. The second-order valence-corrected chi connectivity index (χ2v) is 7.18. The molecule has 7 nitrogen and oxygen atoms in total. The molecular formula is C17H23N5O2. The van der Waals surface area contributed by atoms with Gasteiger partial charge in [-0.2, -0.15) is 10.1 Å². The van der Waals surface area contributed by atoms with E-state index in [1.165, 1.54) is 0 Å². The Kier molecular flexibility index (Phi) is 3.86. The highest BCUT2D eigenvalue weighted by atomic mass is 16.5. The van der Waals surface area contributed by atoms with Gasteiger partial charge < -0.3 is 9.42 Å². The van der Waals surface area contributed by atoms with Crippen LogP contribution < -0.4 is 0 Å². The number of aryl methyl sites for hydroxylation is 1. The summed E-state index contributed by atoms with van der Waals surface area (Å²) in [5.74, 6) is 2.45. The van der Waals surface area contributed by atoms with Crippen LogP contribution in [0, 0.1) is 5.92 Å². The van der Waals surface area contributed by atoms with Crippen LogP contribution in [0.3, 0.4) is 0 Å². The van der Waals surface area contributed by atoms with E-state index in [2.05, 4.69) is 27.3 Å². The van der Waals surface area contributed by atoms with Crippen LogP contribution in [0.15, 0.2) is 4.52 Å². The number of rotatable bonds is 5. The van der Waals surface area contributed by atoms with Gasteiger partial charge in [0.25, 0.3) is 5.91 Å². The number of likely N-dealkylation sites (N-methyl/N-ethyl adjacent to an activating group) is 1. The molecule has 128 valence electrons. The van der Waals surface area contributed by atoms with Crippen LogP contribution in [-0.2, 0) is 19.3 Å². The smallest absolute Gasteiger partial charge is 0.274 e. The van der Waals surface area contributed by atoms with Gasteiger partial charge in [0.2, 0.25) is 5.89 Å². The van der Waals surface area contributed by atoms with Crippen LogP contribution >= 0.6 is 0 Å². The monoisotopic (exact) mass is 329 g/mol. The van der Waals surface area contributed by atoms with Crippen LogP contribution in [0.25, 0.3) is 0 Å². The quantitative estimate of drug-likeness (QED) is 0.907. The Morgan fingerprint density at radius 3 is 3.00 bits per heavy atom. The number of amides is 1. The average Bonchev–Trinajstić information content (AvgIpc) is 3.18. The predicted octanol–water partition coefficient (Wildman–Crippen LogP) is 2.11. The zero-order valence-electron chi connectivity index (χ0n) is 14.2. The number of nitrogens with one attached hydrogen (secondary N) is 1. The molecule has 2 aromatic rings. The molecule has 0 radical (unpaired) electrons. The summed E-state index contributed by atoms with van der Waals surface area (Å²) >= 11 is 0. The maximum absolute atomic E-state index is 12.7. The summed E-state index contributed by atoms with van der Waals surface area (Å²) in [6.45, 7) is 2.78. The maximum Gasteiger partial charge on any atom is 0.274 e. The number of aromatic amines is 1. The lowest BCUT2D eigenvalue weighted by molar-refractivity contribution is 0.0788. The lowest BCUT2D eigenvalue weighted by Gasteiger charge is -2.20. The lowest BCUT2D eigenvalue weighted by atomic mass is 9.87. The Balaban J connectivity index is 1.39. The molecule has 0 aliphatic heterocycles. The highest BCUT2D eigenvalue weighted by Crippen LogP contribution is 2.38. The van der Waals surface area contributed by atoms with Crippen molar-refractivity contribution < 1.29 is 9.32 Å². The number of nitrogens with zero attached hydrogens (tertiary/aromatic N) is 4. The van der Waals surface area contributed by atoms with Gasteiger partial charge in [0.15, 0.2) is 11.5 Å². The molecule has 1 fully saturated rings. The van der Waals surface area contributed by atoms with Crippen LogP contribution in [0.2, 0.25) is 0 Å². The zero-order chi connectivity index (χ0) is 16.7. The van der Waals surface area contributed by atoms with Gasteiger partial charge in [-0.3, -0.25) is 9.89 Å². The van der Waals surface area contributed by atoms with Gasteiger partial charge >= 0.3 is 0 Å². The minimum absolute atomic E-state index is 0.0347. The minimum Gasteiger partial charge on any atom is -0.340 e. The van der Waals surface area contributed by atoms with E-state index in [1.807, 2.05) is 0 Å². The van der Waals surface area contributed by atoms with Crippen molar-refractivity contribution in [1.29, 1.82) is 0 Å². The van der Waals surface area contributed by atoms with Crippen LogP contribution in [0.1, 0.15) is 65.6 Å². The molecule has 7 heteroatoms. The van der Waals surface area contributed by atoms with Gasteiger partial charge in [-0.15, -0.1) is 0 Å². The summed E-state index contributed by atoms with van der Waals surface area (Å²) in [4.78, 5) is 18.8. The average molecular weight is 329 g/mol. The van der Waals surface area contributed by atoms with Crippen molar-refractivity contribution in [2.75, 3.05) is 13.6 Å². The van der Waals surface area contributed by atoms with E-state index in [0.29, 0.717) is 36.3 Å². The molecule has 1 atom stereocenters. The van der Waals surface area contributed by atoms with E-state index >= 15 is 0 Å². The van der Waals surface area contributed by atoms with Crippen molar-refractivity contribution in [3.63, 3.8) is 0 Å². The largest absolute Gasteiger partial charge is 0.340 e. The van der Waals surface area contributed by atoms with Crippen LogP contribution in [-0.4, -0.2) is 44.7 Å². The second-order valence-electron chi connectivity index (χ2n) is 7.18. The first-order valence-electron chi connectivity index (χ1n) is 8.76. The first-order valence-corrected chi connectivity index (χ1v) is 8.76. The number of carbonyl (C=O) groups is 1. The summed E-state index contributed by atoms with van der Waals surface area (Å²) in [6.07, 6.45) is 5.94. The molecule has 24 heavy (non-hydrogen) atoms. The molecule has 2 aliphatic rings. The summed E-state index contributed by atoms with van der Waals surface area (Å²) in [5, 5.41) is 11.3. The first kappa shape index (κ1) is 15.4.